The topological polar surface area (TPSA) is 38.8 Å². The van der Waals surface area contributed by atoms with E-state index < -0.39 is 0 Å². The maximum atomic E-state index is 13.3. The van der Waals surface area contributed by atoms with E-state index in [4.69, 9.17) is 46.4 Å². The van der Waals surface area contributed by atoms with Gasteiger partial charge in [-0.05, 0) is 53.6 Å². The van der Waals surface area contributed by atoms with Crippen molar-refractivity contribution < 1.29 is 4.79 Å². The fraction of sp³-hybridized carbons (Fsp3) is 0.194. The van der Waals surface area contributed by atoms with E-state index in [1.165, 1.54) is 0 Å². The Kier molecular flexibility index (Phi) is 7.84. The molecule has 0 aliphatic carbocycles. The Hall–Kier alpha value is -2.93. The number of nitrogens with zero attached hydrogens (tertiary/aromatic N) is 3. The van der Waals surface area contributed by atoms with Crippen LogP contribution in [0.2, 0.25) is 20.1 Å². The lowest BCUT2D eigenvalue weighted by molar-refractivity contribution is 0.246. The maximum Gasteiger partial charge on any atom is 0.326 e. The molecule has 2 aliphatic heterocycles. The van der Waals surface area contributed by atoms with E-state index in [0.29, 0.717) is 33.8 Å². The van der Waals surface area contributed by atoms with Crippen molar-refractivity contribution in [3.63, 3.8) is 0 Å². The summed E-state index contributed by atoms with van der Waals surface area (Å²) in [5.41, 5.74) is 6.18. The predicted octanol–water partition coefficient (Wildman–Crippen LogP) is 8.65. The van der Waals surface area contributed by atoms with Gasteiger partial charge in [-0.2, -0.15) is 0 Å². The molecule has 2 aliphatic rings. The Labute approximate surface area is 253 Å². The van der Waals surface area contributed by atoms with Crippen molar-refractivity contribution in [2.45, 2.75) is 13.1 Å². The number of urea groups is 1. The van der Waals surface area contributed by atoms with Crippen LogP contribution < -0.4 is 15.1 Å². The third kappa shape index (κ3) is 5.25. The molecular weight excluding hydrogens is 586 g/mol. The third-order valence-corrected chi connectivity index (χ3v) is 8.70. The predicted molar refractivity (Wildman–Crippen MR) is 167 cm³/mol. The lowest BCUT2D eigenvalue weighted by Crippen LogP contribution is -2.46. The van der Waals surface area contributed by atoms with Crippen LogP contribution in [-0.4, -0.2) is 37.1 Å². The second-order valence-corrected chi connectivity index (χ2v) is 11.5. The van der Waals surface area contributed by atoms with Crippen LogP contribution in [0.15, 0.2) is 78.9 Å². The molecule has 4 aromatic rings. The lowest BCUT2D eigenvalue weighted by Gasteiger charge is -2.37. The summed E-state index contributed by atoms with van der Waals surface area (Å²) >= 11 is 26.3. The van der Waals surface area contributed by atoms with Crippen LogP contribution in [0.1, 0.15) is 11.1 Å². The quantitative estimate of drug-likeness (QED) is 0.245. The van der Waals surface area contributed by atoms with Crippen molar-refractivity contribution in [3.05, 3.63) is 110 Å². The minimum absolute atomic E-state index is 0.280. The highest BCUT2D eigenvalue weighted by Gasteiger charge is 2.31. The molecule has 1 fully saturated rings. The molecule has 5 nitrogen and oxygen atoms in total. The van der Waals surface area contributed by atoms with Gasteiger partial charge >= 0.3 is 6.03 Å². The van der Waals surface area contributed by atoms with Crippen molar-refractivity contribution in [2.24, 2.45) is 0 Å². The molecular formula is C31H26Cl4N4O. The number of nitrogens with one attached hydrogen (secondary N) is 1. The maximum absolute atomic E-state index is 13.3. The Balaban J connectivity index is 1.38. The average Bonchev–Trinajstić information content (AvgIpc) is 2.95. The van der Waals surface area contributed by atoms with Crippen molar-refractivity contribution in [1.82, 2.24) is 10.2 Å². The summed E-state index contributed by atoms with van der Waals surface area (Å²) in [6.07, 6.45) is 0. The zero-order chi connectivity index (χ0) is 27.8. The fourth-order valence-electron chi connectivity index (χ4n) is 5.50. The van der Waals surface area contributed by atoms with Gasteiger partial charge in [0.2, 0.25) is 0 Å². The van der Waals surface area contributed by atoms with Gasteiger partial charge in [0.05, 0.1) is 32.1 Å². The molecule has 9 heteroatoms. The zero-order valence-corrected chi connectivity index (χ0v) is 24.5. The molecule has 204 valence electrons. The van der Waals surface area contributed by atoms with E-state index in [1.54, 1.807) is 23.1 Å². The summed E-state index contributed by atoms with van der Waals surface area (Å²) in [5, 5.41) is 5.21. The summed E-state index contributed by atoms with van der Waals surface area (Å²) in [6, 6.07) is 25.0. The normalized spacial score (nSPS) is 15.7. The van der Waals surface area contributed by atoms with E-state index in [1.807, 2.05) is 42.5 Å². The number of carbonyl (C=O) groups is 1. The summed E-state index contributed by atoms with van der Waals surface area (Å²) in [7, 11) is 0. The smallest absolute Gasteiger partial charge is 0.326 e. The van der Waals surface area contributed by atoms with E-state index in [-0.39, 0.29) is 6.03 Å². The second-order valence-electron chi connectivity index (χ2n) is 9.90. The number of rotatable bonds is 5. The highest BCUT2D eigenvalue weighted by atomic mass is 35.5. The monoisotopic (exact) mass is 610 g/mol. The molecule has 0 unspecified atom stereocenters. The average molecular weight is 612 g/mol. The van der Waals surface area contributed by atoms with E-state index >= 15 is 0 Å². The van der Waals surface area contributed by atoms with Crippen LogP contribution in [0, 0.1) is 0 Å². The van der Waals surface area contributed by atoms with Crippen molar-refractivity contribution >= 4 is 69.5 Å². The number of hydrogen-bond acceptors (Lipinski definition) is 3. The molecule has 2 heterocycles. The van der Waals surface area contributed by atoms with Gasteiger partial charge < -0.3 is 10.2 Å². The number of piperazine rings is 1. The van der Waals surface area contributed by atoms with Crippen LogP contribution in [0.5, 0.6) is 0 Å². The largest absolute Gasteiger partial charge is 0.368 e. The molecule has 0 atom stereocenters. The first kappa shape index (κ1) is 27.3. The molecule has 0 bridgehead atoms. The van der Waals surface area contributed by atoms with Crippen molar-refractivity contribution in [2.75, 3.05) is 36.0 Å². The summed E-state index contributed by atoms with van der Waals surface area (Å²) in [5.74, 6) is 0. The molecule has 1 N–H and O–H groups in total. The summed E-state index contributed by atoms with van der Waals surface area (Å²) in [6.45, 7) is 4.58. The minimum Gasteiger partial charge on any atom is -0.368 e. The van der Waals surface area contributed by atoms with Crippen LogP contribution in [0.3, 0.4) is 0 Å². The molecule has 0 radical (unpaired) electrons. The van der Waals surface area contributed by atoms with Crippen molar-refractivity contribution in [3.8, 4) is 11.1 Å². The molecule has 1 saturated heterocycles. The summed E-state index contributed by atoms with van der Waals surface area (Å²) in [4.78, 5) is 19.7. The Bertz CT molecular complexity index is 1570. The molecule has 2 amide bonds. The Morgan fingerprint density at radius 3 is 2.02 bits per heavy atom. The number of hydrogen-bond donors (Lipinski definition) is 1. The van der Waals surface area contributed by atoms with Gasteiger partial charge in [-0.3, -0.25) is 9.80 Å². The molecule has 0 spiro atoms. The van der Waals surface area contributed by atoms with Gasteiger partial charge in [0, 0.05) is 55.4 Å². The highest BCUT2D eigenvalue weighted by molar-refractivity contribution is 6.40. The third-order valence-electron chi connectivity index (χ3n) is 7.44. The number of benzene rings is 4. The number of fused-ring (bicyclic) bond motifs is 1. The zero-order valence-electron chi connectivity index (χ0n) is 21.5. The standard InChI is InChI=1S/C31H26Cl4N4O/c32-24-7-2-1-6-21(24)22-16-20(19-37-12-14-38(15-13-37)28-11-4-3-8-25(28)33)17-29-23(22)18-36-31(40)39(29)30-26(34)9-5-10-27(30)35/h1-11,16-17H,12-15,18-19H2,(H,36,40). The number of para-hydroxylation sites is 2. The Morgan fingerprint density at radius 2 is 1.32 bits per heavy atom. The molecule has 0 saturated carbocycles. The van der Waals surface area contributed by atoms with E-state index in [0.717, 1.165) is 64.8 Å². The van der Waals surface area contributed by atoms with Gasteiger partial charge in [-0.15, -0.1) is 0 Å². The SMILES string of the molecule is O=C1NCc2c(-c3ccccc3Cl)cc(CN3CCN(c4ccccc4Cl)CC3)cc2N1c1c(Cl)cccc1Cl. The first-order valence-electron chi connectivity index (χ1n) is 13.0. The van der Waals surface area contributed by atoms with Gasteiger partial charge in [0.15, 0.2) is 0 Å². The van der Waals surface area contributed by atoms with Crippen LogP contribution in [-0.2, 0) is 13.1 Å². The number of anilines is 3. The van der Waals surface area contributed by atoms with Crippen molar-refractivity contribution in [1.29, 1.82) is 0 Å². The Morgan fingerprint density at radius 1 is 0.675 bits per heavy atom. The van der Waals surface area contributed by atoms with E-state index in [9.17, 15) is 4.79 Å². The minimum atomic E-state index is -0.280. The first-order valence-corrected chi connectivity index (χ1v) is 14.6. The molecule has 4 aromatic carbocycles. The van der Waals surface area contributed by atoms with Gasteiger partial charge in [-0.1, -0.05) is 82.8 Å². The molecule has 0 aromatic heterocycles. The first-order chi connectivity index (χ1) is 19.4. The van der Waals surface area contributed by atoms with Crippen LogP contribution >= 0.6 is 46.4 Å². The number of amides is 2. The molecule has 40 heavy (non-hydrogen) atoms. The summed E-state index contributed by atoms with van der Waals surface area (Å²) < 4.78 is 0. The van der Waals surface area contributed by atoms with Crippen LogP contribution in [0.4, 0.5) is 21.9 Å². The van der Waals surface area contributed by atoms with Gasteiger partial charge in [0.25, 0.3) is 0 Å². The fourth-order valence-corrected chi connectivity index (χ4v) is 6.56. The number of halogens is 4. The second kappa shape index (κ2) is 11.5. The highest BCUT2D eigenvalue weighted by Crippen LogP contribution is 2.45. The van der Waals surface area contributed by atoms with Gasteiger partial charge in [0.1, 0.15) is 0 Å². The molecule has 6 rings (SSSR count). The van der Waals surface area contributed by atoms with E-state index in [2.05, 4.69) is 33.3 Å². The van der Waals surface area contributed by atoms with Crippen LogP contribution in [0.25, 0.3) is 11.1 Å². The lowest BCUT2D eigenvalue weighted by atomic mass is 9.93. The number of carbonyl (C=O) groups excluding carboxylic acids is 1. The van der Waals surface area contributed by atoms with Gasteiger partial charge in [-0.25, -0.2) is 4.79 Å².